The molecule has 0 aliphatic carbocycles. The van der Waals surface area contributed by atoms with Crippen LogP contribution in [0.15, 0.2) is 23.1 Å². The largest absolute Gasteiger partial charge is 0.490 e. The highest BCUT2D eigenvalue weighted by Crippen LogP contribution is 2.34. The molecule has 1 saturated heterocycles. The first-order chi connectivity index (χ1) is 12.0. The number of hydrogen-bond donors (Lipinski definition) is 0. The number of carbonyl (C=O) groups is 2. The lowest BCUT2D eigenvalue weighted by atomic mass is 10.2. The van der Waals surface area contributed by atoms with Crippen molar-refractivity contribution in [2.45, 2.75) is 13.8 Å². The van der Waals surface area contributed by atoms with Crippen LogP contribution in [0.4, 0.5) is 0 Å². The Morgan fingerprint density at radius 3 is 2.64 bits per heavy atom. The molecule has 0 N–H and O–H groups in total. The summed E-state index contributed by atoms with van der Waals surface area (Å²) in [5.74, 6) is 0.355. The molecule has 0 bridgehead atoms. The first-order valence-corrected chi connectivity index (χ1v) is 8.94. The van der Waals surface area contributed by atoms with Crippen LogP contribution in [0, 0.1) is 0 Å². The average molecular weight is 381 g/mol. The average Bonchev–Trinajstić information content (AvgIpc) is 2.87. The minimum absolute atomic E-state index is 0.0959. The van der Waals surface area contributed by atoms with Gasteiger partial charge in [0.15, 0.2) is 18.1 Å². The fraction of sp³-hybridized carbons (Fsp3) is 0.353. The molecule has 0 radical (unpaired) electrons. The fourth-order valence-electron chi connectivity index (χ4n) is 2.12. The molecule has 134 valence electrons. The molecule has 1 heterocycles. The number of nitrogens with zero attached hydrogens (tertiary/aromatic N) is 1. The van der Waals surface area contributed by atoms with Crippen LogP contribution in [0.2, 0.25) is 0 Å². The van der Waals surface area contributed by atoms with Crippen molar-refractivity contribution < 1.29 is 23.8 Å². The number of thiocarbonyl (C=S) groups is 1. The molecular formula is C17H19NO5S2. The van der Waals surface area contributed by atoms with Crippen LogP contribution in [-0.4, -0.2) is 48.0 Å². The summed E-state index contributed by atoms with van der Waals surface area (Å²) in [6, 6.07) is 5.24. The van der Waals surface area contributed by atoms with E-state index in [1.54, 1.807) is 29.2 Å². The molecule has 0 saturated carbocycles. The summed E-state index contributed by atoms with van der Waals surface area (Å²) >= 11 is 6.48. The molecular weight excluding hydrogens is 362 g/mol. The highest BCUT2D eigenvalue weighted by molar-refractivity contribution is 8.26. The number of thioether (sulfide) groups is 1. The van der Waals surface area contributed by atoms with Gasteiger partial charge in [0.2, 0.25) is 0 Å². The zero-order valence-electron chi connectivity index (χ0n) is 14.2. The van der Waals surface area contributed by atoms with Gasteiger partial charge in [-0.05, 0) is 37.6 Å². The predicted molar refractivity (Wildman–Crippen MR) is 101 cm³/mol. The van der Waals surface area contributed by atoms with Crippen molar-refractivity contribution in [1.29, 1.82) is 0 Å². The topological polar surface area (TPSA) is 65.1 Å². The SMILES string of the molecule is CCOc1cc(/C=C2/SC(=S)N(CC)C2=O)ccc1OCC(=O)OC. The number of ether oxygens (including phenoxy) is 3. The zero-order chi connectivity index (χ0) is 18.4. The van der Waals surface area contributed by atoms with Gasteiger partial charge >= 0.3 is 5.97 Å². The Balaban J connectivity index is 2.23. The summed E-state index contributed by atoms with van der Waals surface area (Å²) in [5, 5.41) is 0. The second-order valence-electron chi connectivity index (χ2n) is 4.93. The summed E-state index contributed by atoms with van der Waals surface area (Å²) in [7, 11) is 1.30. The van der Waals surface area contributed by atoms with Crippen molar-refractivity contribution in [3.8, 4) is 11.5 Å². The minimum Gasteiger partial charge on any atom is -0.490 e. The molecule has 1 aliphatic heterocycles. The Labute approximate surface area is 156 Å². The summed E-state index contributed by atoms with van der Waals surface area (Å²) in [4.78, 5) is 25.6. The van der Waals surface area contributed by atoms with E-state index >= 15 is 0 Å². The number of amides is 1. The van der Waals surface area contributed by atoms with Gasteiger partial charge in [-0.3, -0.25) is 9.69 Å². The smallest absolute Gasteiger partial charge is 0.343 e. The monoisotopic (exact) mass is 381 g/mol. The molecule has 1 aromatic carbocycles. The summed E-state index contributed by atoms with van der Waals surface area (Å²) < 4.78 is 16.1. The van der Waals surface area contributed by atoms with E-state index in [1.165, 1.54) is 18.9 Å². The maximum absolute atomic E-state index is 12.3. The third-order valence-corrected chi connectivity index (χ3v) is 4.71. The van der Waals surface area contributed by atoms with E-state index < -0.39 is 5.97 Å². The van der Waals surface area contributed by atoms with E-state index in [1.807, 2.05) is 13.8 Å². The van der Waals surface area contributed by atoms with Crippen LogP contribution in [-0.2, 0) is 14.3 Å². The highest BCUT2D eigenvalue weighted by atomic mass is 32.2. The number of rotatable bonds is 7. The van der Waals surface area contributed by atoms with E-state index in [9.17, 15) is 9.59 Å². The lowest BCUT2D eigenvalue weighted by Gasteiger charge is -2.12. The van der Waals surface area contributed by atoms with Crippen LogP contribution >= 0.6 is 24.0 Å². The van der Waals surface area contributed by atoms with Gasteiger partial charge in [-0.15, -0.1) is 0 Å². The number of hydrogen-bond acceptors (Lipinski definition) is 7. The summed E-state index contributed by atoms with van der Waals surface area (Å²) in [5.41, 5.74) is 0.783. The molecule has 1 amide bonds. The van der Waals surface area contributed by atoms with Crippen LogP contribution in [0.3, 0.4) is 0 Å². The fourth-order valence-corrected chi connectivity index (χ4v) is 3.51. The number of methoxy groups -OCH3 is 1. The number of esters is 1. The maximum atomic E-state index is 12.3. The molecule has 8 heteroatoms. The van der Waals surface area contributed by atoms with Gasteiger partial charge in [0.1, 0.15) is 4.32 Å². The third kappa shape index (κ3) is 4.73. The number of benzene rings is 1. The molecule has 6 nitrogen and oxygen atoms in total. The standard InChI is InChI=1S/C17H19NO5S2/c1-4-18-16(20)14(25-17(18)24)9-11-6-7-12(13(8-11)22-5-2)23-10-15(19)21-3/h6-9H,4-5,10H2,1-3H3/b14-9+. The van der Waals surface area contributed by atoms with E-state index in [2.05, 4.69) is 4.74 Å². The van der Waals surface area contributed by atoms with Crippen LogP contribution in [0.1, 0.15) is 19.4 Å². The Morgan fingerprint density at radius 1 is 1.28 bits per heavy atom. The minimum atomic E-state index is -0.477. The van der Waals surface area contributed by atoms with E-state index in [0.717, 1.165) is 5.56 Å². The Hall–Kier alpha value is -2.06. The van der Waals surface area contributed by atoms with Gasteiger partial charge in [0.25, 0.3) is 5.91 Å². The van der Waals surface area contributed by atoms with Crippen molar-refractivity contribution in [1.82, 2.24) is 4.90 Å². The highest BCUT2D eigenvalue weighted by Gasteiger charge is 2.30. The molecule has 1 fully saturated rings. The van der Waals surface area contributed by atoms with Gasteiger partial charge in [-0.2, -0.15) is 0 Å². The van der Waals surface area contributed by atoms with Gasteiger partial charge < -0.3 is 14.2 Å². The van der Waals surface area contributed by atoms with Crippen molar-refractivity contribution >= 4 is 46.3 Å². The van der Waals surface area contributed by atoms with Gasteiger partial charge in [-0.25, -0.2) is 4.79 Å². The summed E-state index contributed by atoms with van der Waals surface area (Å²) in [6.07, 6.45) is 1.77. The van der Waals surface area contributed by atoms with Crippen LogP contribution in [0.25, 0.3) is 6.08 Å². The number of carbonyl (C=O) groups excluding carboxylic acids is 2. The second kappa shape index (κ2) is 8.87. The van der Waals surface area contributed by atoms with E-state index in [-0.39, 0.29) is 12.5 Å². The lowest BCUT2D eigenvalue weighted by Crippen LogP contribution is -2.27. The molecule has 0 atom stereocenters. The maximum Gasteiger partial charge on any atom is 0.343 e. The first kappa shape index (κ1) is 19.3. The van der Waals surface area contributed by atoms with Crippen LogP contribution < -0.4 is 9.47 Å². The molecule has 25 heavy (non-hydrogen) atoms. The Morgan fingerprint density at radius 2 is 2.04 bits per heavy atom. The van der Waals surface area contributed by atoms with Gasteiger partial charge in [0, 0.05) is 6.54 Å². The molecule has 0 aromatic heterocycles. The second-order valence-corrected chi connectivity index (χ2v) is 6.61. The Kier molecular flexibility index (Phi) is 6.83. The quantitative estimate of drug-likeness (QED) is 0.409. The van der Waals surface area contributed by atoms with E-state index in [0.29, 0.717) is 33.9 Å². The molecule has 1 aromatic rings. The molecule has 0 spiro atoms. The predicted octanol–water partition coefficient (Wildman–Crippen LogP) is 2.86. The normalized spacial score (nSPS) is 15.6. The first-order valence-electron chi connectivity index (χ1n) is 7.72. The molecule has 2 rings (SSSR count). The van der Waals surface area contributed by atoms with Crippen LogP contribution in [0.5, 0.6) is 11.5 Å². The van der Waals surface area contributed by atoms with Crippen molar-refractivity contribution in [3.63, 3.8) is 0 Å². The van der Waals surface area contributed by atoms with Crippen molar-refractivity contribution in [3.05, 3.63) is 28.7 Å². The molecule has 0 unspecified atom stereocenters. The van der Waals surface area contributed by atoms with Crippen molar-refractivity contribution in [2.75, 3.05) is 26.9 Å². The van der Waals surface area contributed by atoms with E-state index in [4.69, 9.17) is 21.7 Å². The van der Waals surface area contributed by atoms with Crippen molar-refractivity contribution in [2.24, 2.45) is 0 Å². The Bertz CT molecular complexity index is 717. The summed E-state index contributed by atoms with van der Waals surface area (Å²) in [6.45, 7) is 4.52. The van der Waals surface area contributed by atoms with Gasteiger partial charge in [-0.1, -0.05) is 30.0 Å². The number of likely N-dealkylation sites (N-methyl/N-ethyl adjacent to an activating group) is 1. The lowest BCUT2D eigenvalue weighted by molar-refractivity contribution is -0.142. The third-order valence-electron chi connectivity index (χ3n) is 3.33. The zero-order valence-corrected chi connectivity index (χ0v) is 15.9. The molecule has 1 aliphatic rings. The van der Waals surface area contributed by atoms with Gasteiger partial charge in [0.05, 0.1) is 18.6 Å².